The largest absolute Gasteiger partial charge is 1.00 e. The second-order valence-electron chi connectivity index (χ2n) is 5.13. The molecule has 0 aliphatic carbocycles. The van der Waals surface area contributed by atoms with Gasteiger partial charge in [0.25, 0.3) is 0 Å². The zero-order valence-corrected chi connectivity index (χ0v) is 17.5. The van der Waals surface area contributed by atoms with Gasteiger partial charge >= 0.3 is 186 Å². The topological polar surface area (TPSA) is 49.4 Å². The molecule has 0 heterocycles. The molecule has 0 unspecified atom stereocenters. The fraction of sp³-hybridized carbons (Fsp3) is 0. The molecule has 3 aromatic carbocycles. The first kappa shape index (κ1) is 19.3. The Morgan fingerprint density at radius 3 is 1.21 bits per heavy atom. The molecular formula is C19H16KO3P. The van der Waals surface area contributed by atoms with Crippen LogP contribution in [0.25, 0.3) is 0 Å². The Kier molecular flexibility index (Phi) is 7.17. The maximum atomic E-state index is 11.4. The SMILES string of the molecule is O=C([O-])O[PH](c1ccccc1)(c1ccccc1)c1ccccc1.[K+]. The first-order valence-corrected chi connectivity index (χ1v) is 9.21. The quantitative estimate of drug-likeness (QED) is 0.442. The van der Waals surface area contributed by atoms with E-state index < -0.39 is 13.6 Å². The fourth-order valence-electron chi connectivity index (χ4n) is 2.82. The molecule has 0 radical (unpaired) electrons. The summed E-state index contributed by atoms with van der Waals surface area (Å²) >= 11 is 0. The Morgan fingerprint density at radius 1 is 0.667 bits per heavy atom. The zero-order chi connectivity index (χ0) is 16.1. The molecule has 0 N–H and O–H groups in total. The van der Waals surface area contributed by atoms with Crippen molar-refractivity contribution in [3.8, 4) is 0 Å². The van der Waals surface area contributed by atoms with E-state index in [0.717, 1.165) is 15.9 Å². The zero-order valence-electron chi connectivity index (χ0n) is 13.4. The van der Waals surface area contributed by atoms with Crippen LogP contribution in [0.2, 0.25) is 0 Å². The maximum Gasteiger partial charge on any atom is 1.00 e. The number of hydrogen-bond donors (Lipinski definition) is 0. The Bertz CT molecular complexity index is 683. The van der Waals surface area contributed by atoms with Crippen molar-refractivity contribution < 1.29 is 65.8 Å². The summed E-state index contributed by atoms with van der Waals surface area (Å²) < 4.78 is 5.54. The van der Waals surface area contributed by atoms with Crippen LogP contribution >= 0.6 is 7.49 Å². The van der Waals surface area contributed by atoms with Crippen LogP contribution in [0.3, 0.4) is 0 Å². The van der Waals surface area contributed by atoms with Crippen LogP contribution in [-0.2, 0) is 4.52 Å². The van der Waals surface area contributed by atoms with Gasteiger partial charge in [0.15, 0.2) is 0 Å². The van der Waals surface area contributed by atoms with Crippen LogP contribution in [0.15, 0.2) is 91.0 Å². The van der Waals surface area contributed by atoms with E-state index in [4.69, 9.17) is 4.52 Å². The summed E-state index contributed by atoms with van der Waals surface area (Å²) in [6.45, 7) is 0. The molecule has 3 aromatic rings. The molecule has 0 saturated carbocycles. The summed E-state index contributed by atoms with van der Waals surface area (Å²) in [5.74, 6) is 0. The van der Waals surface area contributed by atoms with Gasteiger partial charge in [-0.2, -0.15) is 0 Å². The Hall–Kier alpha value is -1.00. The van der Waals surface area contributed by atoms with E-state index in [0.29, 0.717) is 0 Å². The number of carboxylic acid groups (broad SMARTS) is 1. The normalized spacial score (nSPS) is 11.2. The second kappa shape index (κ2) is 8.91. The van der Waals surface area contributed by atoms with E-state index in [2.05, 4.69) is 0 Å². The van der Waals surface area contributed by atoms with E-state index in [1.165, 1.54) is 0 Å². The molecule has 0 aliphatic rings. The second-order valence-corrected chi connectivity index (χ2v) is 8.43. The van der Waals surface area contributed by atoms with E-state index in [9.17, 15) is 9.90 Å². The Morgan fingerprint density at radius 2 is 0.958 bits per heavy atom. The van der Waals surface area contributed by atoms with Crippen molar-refractivity contribution in [2.75, 3.05) is 0 Å². The van der Waals surface area contributed by atoms with Crippen LogP contribution in [0.4, 0.5) is 4.79 Å². The molecule has 0 fully saturated rings. The van der Waals surface area contributed by atoms with Gasteiger partial charge in [-0.3, -0.25) is 0 Å². The number of carbonyl (C=O) groups is 1. The Balaban J connectivity index is 0.00000208. The first-order valence-electron chi connectivity index (χ1n) is 7.30. The van der Waals surface area contributed by atoms with E-state index in [-0.39, 0.29) is 51.4 Å². The average molecular weight is 362 g/mol. The van der Waals surface area contributed by atoms with Crippen molar-refractivity contribution in [2.45, 2.75) is 0 Å². The monoisotopic (exact) mass is 362 g/mol. The van der Waals surface area contributed by atoms with Crippen molar-refractivity contribution in [3.63, 3.8) is 0 Å². The molecule has 24 heavy (non-hydrogen) atoms. The summed E-state index contributed by atoms with van der Waals surface area (Å²) in [4.78, 5) is 11.4. The minimum absolute atomic E-state index is 0. The molecule has 0 bridgehead atoms. The molecule has 5 heteroatoms. The van der Waals surface area contributed by atoms with Crippen molar-refractivity contribution in [1.82, 2.24) is 0 Å². The Labute approximate surface area is 184 Å². The molecule has 0 aromatic heterocycles. The van der Waals surface area contributed by atoms with Crippen LogP contribution in [-0.4, -0.2) is 6.16 Å². The summed E-state index contributed by atoms with van der Waals surface area (Å²) in [7, 11) is -3.15. The molecule has 3 rings (SSSR count). The molecular weight excluding hydrogens is 346 g/mol. The standard InChI is InChI=1S/C19H17O3P.K/c20-19(21)22-23(16-10-4-1-5-11-16,17-12-6-2-7-13-17)18-14-8-3-9-15-18;/h1-15,23H,(H,20,21);/q;+1/p-1. The maximum absolute atomic E-state index is 11.4. The van der Waals surface area contributed by atoms with Gasteiger partial charge < -0.3 is 0 Å². The van der Waals surface area contributed by atoms with Gasteiger partial charge in [0.2, 0.25) is 0 Å². The molecule has 0 amide bonds. The van der Waals surface area contributed by atoms with Crippen molar-refractivity contribution in [1.29, 1.82) is 0 Å². The molecule has 116 valence electrons. The van der Waals surface area contributed by atoms with Gasteiger partial charge in [0.05, 0.1) is 0 Å². The molecule has 0 spiro atoms. The van der Waals surface area contributed by atoms with Gasteiger partial charge in [0.1, 0.15) is 0 Å². The van der Waals surface area contributed by atoms with Crippen LogP contribution < -0.4 is 72.4 Å². The minimum atomic E-state index is -3.15. The predicted molar refractivity (Wildman–Crippen MR) is 93.0 cm³/mol. The van der Waals surface area contributed by atoms with Crippen LogP contribution in [0, 0.1) is 0 Å². The minimum Gasteiger partial charge on any atom is 1.00 e. The number of carbonyl (C=O) groups excluding carboxylic acids is 1. The third-order valence-electron chi connectivity index (χ3n) is 3.78. The predicted octanol–water partition coefficient (Wildman–Crippen LogP) is -1.01. The molecule has 0 saturated heterocycles. The summed E-state index contributed by atoms with van der Waals surface area (Å²) in [6, 6.07) is 28.5. The third kappa shape index (κ3) is 3.97. The smallest absolute Gasteiger partial charge is 1.00 e. The number of hydrogen-bond acceptors (Lipinski definition) is 3. The summed E-state index contributed by atoms with van der Waals surface area (Å²) in [5, 5.41) is 14.0. The van der Waals surface area contributed by atoms with Crippen molar-refractivity contribution >= 4 is 29.6 Å². The van der Waals surface area contributed by atoms with Gasteiger partial charge in [-0.25, -0.2) is 0 Å². The van der Waals surface area contributed by atoms with Gasteiger partial charge in [-0.05, 0) is 0 Å². The van der Waals surface area contributed by atoms with E-state index in [1.54, 1.807) is 0 Å². The van der Waals surface area contributed by atoms with Gasteiger partial charge in [-0.1, -0.05) is 0 Å². The fourth-order valence-corrected chi connectivity index (χ4v) is 6.41. The summed E-state index contributed by atoms with van der Waals surface area (Å²) in [5.41, 5.74) is 0. The van der Waals surface area contributed by atoms with Crippen LogP contribution in [0.5, 0.6) is 0 Å². The van der Waals surface area contributed by atoms with E-state index >= 15 is 0 Å². The third-order valence-corrected chi connectivity index (χ3v) is 7.69. The first-order chi connectivity index (χ1) is 11.2. The van der Waals surface area contributed by atoms with Crippen LogP contribution in [0.1, 0.15) is 0 Å². The number of benzene rings is 3. The van der Waals surface area contributed by atoms with Crippen molar-refractivity contribution in [2.24, 2.45) is 0 Å². The van der Waals surface area contributed by atoms with Crippen molar-refractivity contribution in [3.05, 3.63) is 91.0 Å². The van der Waals surface area contributed by atoms with Gasteiger partial charge in [-0.15, -0.1) is 0 Å². The van der Waals surface area contributed by atoms with E-state index in [1.807, 2.05) is 91.0 Å². The molecule has 0 aliphatic heterocycles. The average Bonchev–Trinajstić information content (AvgIpc) is 2.62. The molecule has 0 atom stereocenters. The van der Waals surface area contributed by atoms with Gasteiger partial charge in [0, 0.05) is 0 Å². The summed E-state index contributed by atoms with van der Waals surface area (Å²) in [6.07, 6.45) is -1.51. The molecule has 3 nitrogen and oxygen atoms in total. The number of rotatable bonds is 4.